The Hall–Kier alpha value is -2.60. The topological polar surface area (TPSA) is 60.2 Å². The summed E-state index contributed by atoms with van der Waals surface area (Å²) in [6.45, 7) is 4.48. The SMILES string of the molecule is CCOC(=O)c1cnc2c(cnn2CC(Cl)c2ccccc2)c1N1CCCCC1. The van der Waals surface area contributed by atoms with Gasteiger partial charge in [-0.15, -0.1) is 11.6 Å². The number of pyridine rings is 1. The minimum Gasteiger partial charge on any atom is -0.462 e. The van der Waals surface area contributed by atoms with E-state index in [4.69, 9.17) is 16.3 Å². The monoisotopic (exact) mass is 412 g/mol. The molecule has 3 aromatic rings. The zero-order valence-electron chi connectivity index (χ0n) is 16.6. The largest absolute Gasteiger partial charge is 0.462 e. The molecule has 29 heavy (non-hydrogen) atoms. The van der Waals surface area contributed by atoms with Gasteiger partial charge in [0.05, 0.1) is 35.8 Å². The molecule has 0 saturated carbocycles. The van der Waals surface area contributed by atoms with Gasteiger partial charge in [0.25, 0.3) is 0 Å². The normalized spacial score (nSPS) is 15.4. The summed E-state index contributed by atoms with van der Waals surface area (Å²) < 4.78 is 7.11. The third-order valence-corrected chi connectivity index (χ3v) is 5.69. The van der Waals surface area contributed by atoms with Gasteiger partial charge < -0.3 is 9.64 Å². The van der Waals surface area contributed by atoms with Gasteiger partial charge in [0.2, 0.25) is 0 Å². The third-order valence-electron chi connectivity index (χ3n) is 5.30. The van der Waals surface area contributed by atoms with Gasteiger partial charge in [-0.05, 0) is 31.7 Å². The molecule has 2 aromatic heterocycles. The molecular weight excluding hydrogens is 388 g/mol. The highest BCUT2D eigenvalue weighted by Gasteiger charge is 2.25. The predicted molar refractivity (Wildman–Crippen MR) is 115 cm³/mol. The number of fused-ring (bicyclic) bond motifs is 1. The molecular formula is C22H25ClN4O2. The lowest BCUT2D eigenvalue weighted by atomic mass is 10.1. The standard InChI is InChI=1S/C22H25ClN4O2/c1-2-29-22(28)18-13-24-21-17(20(18)26-11-7-4-8-12-26)14-25-27(21)15-19(23)16-9-5-3-6-10-16/h3,5-6,9-10,13-14,19H,2,4,7-8,11-12,15H2,1H3. The molecule has 152 valence electrons. The molecule has 1 unspecified atom stereocenters. The summed E-state index contributed by atoms with van der Waals surface area (Å²) in [5.74, 6) is -0.338. The summed E-state index contributed by atoms with van der Waals surface area (Å²) in [6.07, 6.45) is 6.84. The van der Waals surface area contributed by atoms with Crippen LogP contribution in [-0.4, -0.2) is 40.4 Å². The smallest absolute Gasteiger partial charge is 0.341 e. The second-order valence-electron chi connectivity index (χ2n) is 7.23. The molecule has 6 nitrogen and oxygen atoms in total. The molecule has 4 rings (SSSR count). The van der Waals surface area contributed by atoms with Crippen molar-refractivity contribution < 1.29 is 9.53 Å². The zero-order valence-corrected chi connectivity index (χ0v) is 17.3. The van der Waals surface area contributed by atoms with Crippen LogP contribution in [0.1, 0.15) is 47.5 Å². The first-order chi connectivity index (χ1) is 14.2. The maximum atomic E-state index is 12.6. The molecule has 0 N–H and O–H groups in total. The van der Waals surface area contributed by atoms with E-state index in [1.54, 1.807) is 12.4 Å². The molecule has 0 amide bonds. The van der Waals surface area contributed by atoms with Crippen LogP contribution < -0.4 is 4.90 Å². The van der Waals surface area contributed by atoms with Gasteiger partial charge in [0, 0.05) is 19.3 Å². The van der Waals surface area contributed by atoms with E-state index < -0.39 is 0 Å². The van der Waals surface area contributed by atoms with Gasteiger partial charge in [0.1, 0.15) is 5.56 Å². The molecule has 1 aliphatic heterocycles. The van der Waals surface area contributed by atoms with Crippen molar-refractivity contribution in [2.24, 2.45) is 0 Å². The fraction of sp³-hybridized carbons (Fsp3) is 0.409. The first kappa shape index (κ1) is 19.7. The quantitative estimate of drug-likeness (QED) is 0.438. The van der Waals surface area contributed by atoms with Crippen molar-refractivity contribution in [3.8, 4) is 0 Å². The Morgan fingerprint density at radius 1 is 1.17 bits per heavy atom. The van der Waals surface area contributed by atoms with E-state index in [1.807, 2.05) is 41.9 Å². The second kappa shape index (κ2) is 8.82. The van der Waals surface area contributed by atoms with Crippen LogP contribution in [0.15, 0.2) is 42.7 Å². The van der Waals surface area contributed by atoms with Crippen molar-refractivity contribution >= 4 is 34.3 Å². The summed E-state index contributed by atoms with van der Waals surface area (Å²) in [6, 6.07) is 9.94. The number of nitrogens with zero attached hydrogens (tertiary/aromatic N) is 4. The van der Waals surface area contributed by atoms with Gasteiger partial charge in [-0.1, -0.05) is 30.3 Å². The van der Waals surface area contributed by atoms with Gasteiger partial charge in [-0.25, -0.2) is 14.5 Å². The Balaban J connectivity index is 1.73. The fourth-order valence-electron chi connectivity index (χ4n) is 3.88. The molecule has 0 bridgehead atoms. The molecule has 3 heterocycles. The fourth-order valence-corrected chi connectivity index (χ4v) is 4.16. The van der Waals surface area contributed by atoms with Crippen molar-refractivity contribution in [1.29, 1.82) is 0 Å². The molecule has 1 fully saturated rings. The van der Waals surface area contributed by atoms with E-state index in [0.717, 1.165) is 48.2 Å². The number of benzene rings is 1. The maximum absolute atomic E-state index is 12.6. The Morgan fingerprint density at radius 2 is 1.93 bits per heavy atom. The van der Waals surface area contributed by atoms with Gasteiger partial charge in [-0.3, -0.25) is 0 Å². The number of hydrogen-bond donors (Lipinski definition) is 0. The summed E-state index contributed by atoms with van der Waals surface area (Å²) in [5.41, 5.74) is 3.16. The van der Waals surface area contributed by atoms with Gasteiger partial charge in [-0.2, -0.15) is 5.10 Å². The third kappa shape index (κ3) is 4.08. The molecule has 0 radical (unpaired) electrons. The van der Waals surface area contributed by atoms with Crippen LogP contribution in [0.3, 0.4) is 0 Å². The highest BCUT2D eigenvalue weighted by atomic mass is 35.5. The number of esters is 1. The number of carbonyl (C=O) groups is 1. The van der Waals surface area contributed by atoms with Crippen molar-refractivity contribution in [2.75, 3.05) is 24.6 Å². The van der Waals surface area contributed by atoms with E-state index in [-0.39, 0.29) is 11.3 Å². The van der Waals surface area contributed by atoms with Crippen LogP contribution in [0, 0.1) is 0 Å². The lowest BCUT2D eigenvalue weighted by Gasteiger charge is -2.30. The summed E-state index contributed by atoms with van der Waals surface area (Å²) in [4.78, 5) is 19.4. The molecule has 0 aliphatic carbocycles. The van der Waals surface area contributed by atoms with Crippen molar-refractivity contribution in [3.63, 3.8) is 0 Å². The van der Waals surface area contributed by atoms with E-state index in [0.29, 0.717) is 18.7 Å². The highest BCUT2D eigenvalue weighted by Crippen LogP contribution is 2.33. The first-order valence-electron chi connectivity index (χ1n) is 10.1. The predicted octanol–water partition coefficient (Wildman–Crippen LogP) is 4.58. The number of piperidine rings is 1. The minimum atomic E-state index is -0.338. The summed E-state index contributed by atoms with van der Waals surface area (Å²) in [7, 11) is 0. The number of rotatable bonds is 6. The zero-order chi connectivity index (χ0) is 20.2. The Bertz CT molecular complexity index is 983. The van der Waals surface area contributed by atoms with E-state index in [9.17, 15) is 4.79 Å². The number of halogens is 1. The number of alkyl halides is 1. The second-order valence-corrected chi connectivity index (χ2v) is 7.76. The lowest BCUT2D eigenvalue weighted by molar-refractivity contribution is 0.0526. The van der Waals surface area contributed by atoms with Crippen molar-refractivity contribution in [3.05, 3.63) is 53.9 Å². The van der Waals surface area contributed by atoms with Crippen molar-refractivity contribution in [2.45, 2.75) is 38.1 Å². The maximum Gasteiger partial charge on any atom is 0.341 e. The van der Waals surface area contributed by atoms with Crippen LogP contribution in [-0.2, 0) is 11.3 Å². The van der Waals surface area contributed by atoms with Crippen LogP contribution in [0.2, 0.25) is 0 Å². The lowest BCUT2D eigenvalue weighted by Crippen LogP contribution is -2.31. The molecule has 1 aliphatic rings. The molecule has 1 atom stereocenters. The first-order valence-corrected chi connectivity index (χ1v) is 10.6. The molecule has 7 heteroatoms. The van der Waals surface area contributed by atoms with Crippen LogP contribution in [0.4, 0.5) is 5.69 Å². The average Bonchev–Trinajstić information content (AvgIpc) is 3.17. The van der Waals surface area contributed by atoms with Crippen molar-refractivity contribution in [1.82, 2.24) is 14.8 Å². The Kier molecular flexibility index (Phi) is 6.00. The summed E-state index contributed by atoms with van der Waals surface area (Å²) in [5, 5.41) is 5.21. The van der Waals surface area contributed by atoms with Crippen LogP contribution in [0.5, 0.6) is 0 Å². The number of hydrogen-bond acceptors (Lipinski definition) is 5. The average molecular weight is 413 g/mol. The minimum absolute atomic E-state index is 0.218. The number of aromatic nitrogens is 3. The highest BCUT2D eigenvalue weighted by molar-refractivity contribution is 6.20. The number of carbonyl (C=O) groups excluding carboxylic acids is 1. The number of ether oxygens (including phenoxy) is 1. The molecule has 1 aromatic carbocycles. The van der Waals surface area contributed by atoms with Crippen LogP contribution in [0.25, 0.3) is 11.0 Å². The molecule has 1 saturated heterocycles. The molecule has 0 spiro atoms. The van der Waals surface area contributed by atoms with Gasteiger partial charge in [0.15, 0.2) is 5.65 Å². The Labute approximate surface area is 175 Å². The number of anilines is 1. The van der Waals surface area contributed by atoms with E-state index in [1.165, 1.54) is 6.42 Å². The Morgan fingerprint density at radius 3 is 2.66 bits per heavy atom. The van der Waals surface area contributed by atoms with Crippen LogP contribution >= 0.6 is 11.6 Å². The van der Waals surface area contributed by atoms with E-state index in [2.05, 4.69) is 15.0 Å². The van der Waals surface area contributed by atoms with E-state index >= 15 is 0 Å². The van der Waals surface area contributed by atoms with Gasteiger partial charge >= 0.3 is 5.97 Å². The summed E-state index contributed by atoms with van der Waals surface area (Å²) >= 11 is 6.64.